The van der Waals surface area contributed by atoms with E-state index >= 15 is 0 Å². The van der Waals surface area contributed by atoms with Crippen LogP contribution in [-0.4, -0.2) is 58.6 Å². The number of nitrogens with one attached hydrogen (secondary N) is 1. The summed E-state index contributed by atoms with van der Waals surface area (Å²) in [6, 6.07) is 0.495. The lowest BCUT2D eigenvalue weighted by atomic mass is 9.84. The molecule has 1 unspecified atom stereocenters. The molecule has 1 atom stereocenters. The van der Waals surface area contributed by atoms with Crippen LogP contribution in [0.2, 0.25) is 0 Å². The van der Waals surface area contributed by atoms with E-state index in [2.05, 4.69) is 10.2 Å². The van der Waals surface area contributed by atoms with Gasteiger partial charge in [0, 0.05) is 25.4 Å². The van der Waals surface area contributed by atoms with E-state index in [1.807, 2.05) is 14.1 Å². The van der Waals surface area contributed by atoms with Gasteiger partial charge >= 0.3 is 0 Å². The first-order valence-corrected chi connectivity index (χ1v) is 9.02. The van der Waals surface area contributed by atoms with E-state index in [0.717, 1.165) is 12.5 Å². The number of hydrogen-bond donors (Lipinski definition) is 1. The van der Waals surface area contributed by atoms with Gasteiger partial charge in [0.15, 0.2) is 0 Å². The molecule has 0 aromatic heterocycles. The molecule has 0 aliphatic heterocycles. The lowest BCUT2D eigenvalue weighted by Gasteiger charge is -2.32. The van der Waals surface area contributed by atoms with Gasteiger partial charge in [0.1, 0.15) is 9.84 Å². The third-order valence-electron chi connectivity index (χ3n) is 3.94. The molecule has 0 amide bonds. The highest BCUT2D eigenvalue weighted by atomic mass is 32.2. The molecular weight excluding hydrogens is 248 g/mol. The standard InChI is InChI=1S/C13H28N2O2S/c1-14-13(12-7-5-4-6-8-12)11-15(2)9-10-18(3,16)17/h12-14H,4-11H2,1-3H3. The summed E-state index contributed by atoms with van der Waals surface area (Å²) in [5.74, 6) is 1.01. The lowest BCUT2D eigenvalue weighted by Crippen LogP contribution is -2.44. The van der Waals surface area contributed by atoms with Gasteiger partial charge in [-0.1, -0.05) is 19.3 Å². The van der Waals surface area contributed by atoms with Crippen molar-refractivity contribution in [2.75, 3.05) is 39.2 Å². The summed E-state index contributed by atoms with van der Waals surface area (Å²) in [7, 11) is 1.18. The first kappa shape index (κ1) is 15.9. The minimum atomic E-state index is -2.85. The molecule has 0 aromatic carbocycles. The van der Waals surface area contributed by atoms with Crippen LogP contribution in [0.3, 0.4) is 0 Å². The van der Waals surface area contributed by atoms with E-state index in [1.165, 1.54) is 38.4 Å². The monoisotopic (exact) mass is 276 g/mol. The van der Waals surface area contributed by atoms with Gasteiger partial charge in [-0.05, 0) is 32.9 Å². The van der Waals surface area contributed by atoms with Crippen molar-refractivity contribution in [1.29, 1.82) is 0 Å². The van der Waals surface area contributed by atoms with Crippen LogP contribution in [0.25, 0.3) is 0 Å². The van der Waals surface area contributed by atoms with Gasteiger partial charge in [-0.2, -0.15) is 0 Å². The number of hydrogen-bond acceptors (Lipinski definition) is 4. The van der Waals surface area contributed by atoms with Crippen LogP contribution in [0.4, 0.5) is 0 Å². The van der Waals surface area contributed by atoms with Crippen LogP contribution < -0.4 is 5.32 Å². The van der Waals surface area contributed by atoms with E-state index in [9.17, 15) is 8.42 Å². The third kappa shape index (κ3) is 6.16. The molecule has 18 heavy (non-hydrogen) atoms. The van der Waals surface area contributed by atoms with Crippen molar-refractivity contribution in [2.24, 2.45) is 5.92 Å². The predicted octanol–water partition coefficient (Wildman–Crippen LogP) is 1.13. The molecule has 0 bridgehead atoms. The molecule has 0 spiro atoms. The quantitative estimate of drug-likeness (QED) is 0.757. The first-order valence-electron chi connectivity index (χ1n) is 6.96. The average Bonchev–Trinajstić information content (AvgIpc) is 2.33. The molecule has 0 heterocycles. The Labute approximate surface area is 112 Å². The van der Waals surface area contributed by atoms with Crippen LogP contribution in [0, 0.1) is 5.92 Å². The van der Waals surface area contributed by atoms with Gasteiger partial charge in [-0.3, -0.25) is 0 Å². The SMILES string of the molecule is CNC(CN(C)CCS(C)(=O)=O)C1CCCCC1. The van der Waals surface area contributed by atoms with Gasteiger partial charge in [0.05, 0.1) is 5.75 Å². The Hall–Kier alpha value is -0.130. The molecule has 4 nitrogen and oxygen atoms in total. The lowest BCUT2D eigenvalue weighted by molar-refractivity contribution is 0.217. The number of likely N-dealkylation sites (N-methyl/N-ethyl adjacent to an activating group) is 2. The number of rotatable bonds is 7. The summed E-state index contributed by atoms with van der Waals surface area (Å²) in [6.45, 7) is 1.57. The second kappa shape index (κ2) is 7.46. The van der Waals surface area contributed by atoms with Crippen molar-refractivity contribution in [1.82, 2.24) is 10.2 Å². The molecule has 1 N–H and O–H groups in total. The molecule has 1 saturated carbocycles. The van der Waals surface area contributed by atoms with E-state index in [1.54, 1.807) is 0 Å². The van der Waals surface area contributed by atoms with E-state index < -0.39 is 9.84 Å². The molecule has 108 valence electrons. The summed E-state index contributed by atoms with van der Waals surface area (Å²) < 4.78 is 22.3. The van der Waals surface area contributed by atoms with Crippen LogP contribution in [0.5, 0.6) is 0 Å². The van der Waals surface area contributed by atoms with Crippen LogP contribution in [-0.2, 0) is 9.84 Å². The fraction of sp³-hybridized carbons (Fsp3) is 1.00. The van der Waals surface area contributed by atoms with E-state index in [-0.39, 0.29) is 5.75 Å². The Morgan fingerprint density at radius 2 is 1.89 bits per heavy atom. The Balaban J connectivity index is 2.37. The van der Waals surface area contributed by atoms with Crippen molar-refractivity contribution in [3.63, 3.8) is 0 Å². The Morgan fingerprint density at radius 1 is 1.28 bits per heavy atom. The average molecular weight is 276 g/mol. The van der Waals surface area contributed by atoms with E-state index in [4.69, 9.17) is 0 Å². The summed E-state index contributed by atoms with van der Waals surface area (Å²) in [5.41, 5.74) is 0. The van der Waals surface area contributed by atoms with Crippen LogP contribution in [0.15, 0.2) is 0 Å². The molecule has 0 saturated heterocycles. The second-order valence-electron chi connectivity index (χ2n) is 5.69. The zero-order valence-corrected chi connectivity index (χ0v) is 12.8. The molecular formula is C13H28N2O2S. The van der Waals surface area contributed by atoms with Crippen molar-refractivity contribution in [2.45, 2.75) is 38.1 Å². The van der Waals surface area contributed by atoms with Gasteiger partial charge in [0.25, 0.3) is 0 Å². The molecule has 1 rings (SSSR count). The normalized spacial score (nSPS) is 20.2. The molecule has 0 radical (unpaired) electrons. The summed E-state index contributed by atoms with van der Waals surface area (Å²) in [6.07, 6.45) is 7.98. The summed E-state index contributed by atoms with van der Waals surface area (Å²) >= 11 is 0. The Bertz CT molecular complexity index is 324. The predicted molar refractivity (Wildman–Crippen MR) is 76.6 cm³/mol. The molecule has 5 heteroatoms. The third-order valence-corrected chi connectivity index (χ3v) is 4.87. The topological polar surface area (TPSA) is 49.4 Å². The molecule has 0 aromatic rings. The van der Waals surface area contributed by atoms with Gasteiger partial charge in [-0.15, -0.1) is 0 Å². The number of sulfone groups is 1. The maximum atomic E-state index is 11.2. The summed E-state index contributed by atoms with van der Waals surface area (Å²) in [4.78, 5) is 2.14. The maximum Gasteiger partial charge on any atom is 0.148 e. The molecule has 1 aliphatic carbocycles. The fourth-order valence-corrected chi connectivity index (χ4v) is 3.40. The zero-order chi connectivity index (χ0) is 13.6. The highest BCUT2D eigenvalue weighted by Crippen LogP contribution is 2.26. The molecule has 1 fully saturated rings. The highest BCUT2D eigenvalue weighted by Gasteiger charge is 2.23. The number of nitrogens with zero attached hydrogens (tertiary/aromatic N) is 1. The zero-order valence-electron chi connectivity index (χ0n) is 12.0. The highest BCUT2D eigenvalue weighted by molar-refractivity contribution is 7.90. The van der Waals surface area contributed by atoms with Crippen molar-refractivity contribution >= 4 is 9.84 Å². The second-order valence-corrected chi connectivity index (χ2v) is 7.95. The van der Waals surface area contributed by atoms with Crippen molar-refractivity contribution < 1.29 is 8.42 Å². The minimum absolute atomic E-state index is 0.255. The Kier molecular flexibility index (Phi) is 6.60. The molecule has 1 aliphatic rings. The fourth-order valence-electron chi connectivity index (χ4n) is 2.76. The first-order chi connectivity index (χ1) is 8.42. The van der Waals surface area contributed by atoms with Crippen molar-refractivity contribution in [3.8, 4) is 0 Å². The van der Waals surface area contributed by atoms with Gasteiger partial charge < -0.3 is 10.2 Å². The van der Waals surface area contributed by atoms with Crippen molar-refractivity contribution in [3.05, 3.63) is 0 Å². The summed E-state index contributed by atoms with van der Waals surface area (Å²) in [5, 5.41) is 3.41. The van der Waals surface area contributed by atoms with E-state index in [0.29, 0.717) is 12.6 Å². The van der Waals surface area contributed by atoms with Gasteiger partial charge in [-0.25, -0.2) is 8.42 Å². The minimum Gasteiger partial charge on any atom is -0.315 e. The van der Waals surface area contributed by atoms with Gasteiger partial charge in [0.2, 0.25) is 0 Å². The Morgan fingerprint density at radius 3 is 2.39 bits per heavy atom. The van der Waals surface area contributed by atoms with Crippen LogP contribution >= 0.6 is 0 Å². The van der Waals surface area contributed by atoms with Crippen LogP contribution in [0.1, 0.15) is 32.1 Å². The smallest absolute Gasteiger partial charge is 0.148 e. The largest absolute Gasteiger partial charge is 0.315 e. The maximum absolute atomic E-state index is 11.2.